The number of hydrogen-bond donors (Lipinski definition) is 2. The molecule has 6 rings (SSSR count). The van der Waals surface area contributed by atoms with Crippen molar-refractivity contribution in [3.8, 4) is 28.7 Å². The molecule has 15 heteroatoms. The van der Waals surface area contributed by atoms with Gasteiger partial charge in [-0.25, -0.2) is 24.9 Å². The van der Waals surface area contributed by atoms with Gasteiger partial charge in [-0.15, -0.1) is 0 Å². The highest BCUT2D eigenvalue weighted by molar-refractivity contribution is 5.91. The van der Waals surface area contributed by atoms with Crippen LogP contribution in [0.1, 0.15) is 51.0 Å². The summed E-state index contributed by atoms with van der Waals surface area (Å²) in [6.45, 7) is 4.04. The zero-order valence-electron chi connectivity index (χ0n) is 27.2. The number of aromatic nitrogens is 6. The number of nitrogens with one attached hydrogen (secondary N) is 1. The Labute approximate surface area is 275 Å². The number of ether oxygens (including phenoxy) is 2. The van der Waals surface area contributed by atoms with Gasteiger partial charge in [-0.2, -0.15) is 13.2 Å². The largest absolute Gasteiger partial charge is 0.481 e. The van der Waals surface area contributed by atoms with Gasteiger partial charge in [-0.3, -0.25) is 4.79 Å². The highest BCUT2D eigenvalue weighted by atomic mass is 19.4. The van der Waals surface area contributed by atoms with E-state index in [0.29, 0.717) is 73.3 Å². The van der Waals surface area contributed by atoms with E-state index < -0.39 is 23.6 Å². The third-order valence-corrected chi connectivity index (χ3v) is 9.32. The number of alkyl halides is 3. The molecule has 4 aromatic heterocycles. The summed E-state index contributed by atoms with van der Waals surface area (Å²) in [5, 5.41) is 9.31. The summed E-state index contributed by atoms with van der Waals surface area (Å²) < 4.78 is 52.9. The number of rotatable bonds is 11. The first-order chi connectivity index (χ1) is 23.0. The zero-order valence-corrected chi connectivity index (χ0v) is 27.2. The number of fused-ring (bicyclic) bond motifs is 1. The summed E-state index contributed by atoms with van der Waals surface area (Å²) >= 11 is 0. The highest BCUT2D eigenvalue weighted by Crippen LogP contribution is 2.42. The molecular weight excluding hydrogens is 629 g/mol. The number of carboxylic acids is 1. The SMILES string of the molecule is CCOc1ncc(-c2cc(N(C)CC3(COC)CCCC3)c3[nH]c(-c4cnc(N5CCC(C(=O)O)CC5)cn4)nc3n2)cc1C(F)(F)F. The van der Waals surface area contributed by atoms with Crippen LogP contribution in [0.5, 0.6) is 5.88 Å². The molecule has 2 fully saturated rings. The molecule has 1 aliphatic heterocycles. The van der Waals surface area contributed by atoms with Crippen LogP contribution in [0.4, 0.5) is 24.7 Å². The van der Waals surface area contributed by atoms with E-state index in [9.17, 15) is 23.1 Å². The lowest BCUT2D eigenvalue weighted by atomic mass is 9.86. The van der Waals surface area contributed by atoms with E-state index in [1.54, 1.807) is 32.5 Å². The molecule has 1 saturated heterocycles. The van der Waals surface area contributed by atoms with E-state index in [-0.39, 0.29) is 29.2 Å². The first kappa shape index (κ1) is 33.4. The molecule has 2 N–H and O–H groups in total. The first-order valence-corrected chi connectivity index (χ1v) is 16.1. The van der Waals surface area contributed by atoms with Crippen molar-refractivity contribution in [3.63, 3.8) is 0 Å². The van der Waals surface area contributed by atoms with Crippen molar-refractivity contribution in [2.45, 2.75) is 51.6 Å². The number of imidazole rings is 1. The molecule has 0 amide bonds. The number of nitrogens with zero attached hydrogens (tertiary/aromatic N) is 7. The predicted molar refractivity (Wildman–Crippen MR) is 173 cm³/mol. The number of hydrogen-bond acceptors (Lipinski definition) is 10. The number of methoxy groups -OCH3 is 1. The third kappa shape index (κ3) is 6.86. The summed E-state index contributed by atoms with van der Waals surface area (Å²) in [7, 11) is 3.65. The average molecular weight is 669 g/mol. The van der Waals surface area contributed by atoms with E-state index in [2.05, 4.69) is 29.8 Å². The molecule has 4 aromatic rings. The molecule has 0 bridgehead atoms. The van der Waals surface area contributed by atoms with E-state index in [1.165, 1.54) is 6.20 Å². The van der Waals surface area contributed by atoms with E-state index in [4.69, 9.17) is 14.5 Å². The molecule has 2 aliphatic rings. The Balaban J connectivity index is 1.38. The predicted octanol–water partition coefficient (Wildman–Crippen LogP) is 5.84. The lowest BCUT2D eigenvalue weighted by Gasteiger charge is -2.34. The van der Waals surface area contributed by atoms with Gasteiger partial charge in [0.1, 0.15) is 22.6 Å². The molecule has 0 aromatic carbocycles. The quantitative estimate of drug-likeness (QED) is 0.199. The Morgan fingerprint density at radius 2 is 1.83 bits per heavy atom. The number of pyridine rings is 2. The fourth-order valence-corrected chi connectivity index (χ4v) is 6.92. The van der Waals surface area contributed by atoms with Crippen LogP contribution in [0, 0.1) is 11.3 Å². The number of carbonyl (C=O) groups is 1. The van der Waals surface area contributed by atoms with E-state index >= 15 is 0 Å². The molecular formula is C33H39F3N8O4. The van der Waals surface area contributed by atoms with Gasteiger partial charge in [-0.05, 0) is 44.7 Å². The van der Waals surface area contributed by atoms with Gasteiger partial charge in [-0.1, -0.05) is 12.8 Å². The third-order valence-electron chi connectivity index (χ3n) is 9.32. The standard InChI is InChI=1S/C33H39F3N8O4/c1-4-48-30-22(33(34,35)36)13-21(15-39-30)23-14-25(43(2)18-32(19-47-3)9-5-6-10-32)27-29(40-23)42-28(41-27)24-16-38-26(17-37-24)44-11-7-20(8-12-44)31(45)46/h13-17,20H,4-12,18-19H2,1-3H3,(H,45,46)(H,40,41,42). The van der Waals surface area contributed by atoms with Crippen molar-refractivity contribution in [3.05, 3.63) is 36.3 Å². The number of aliphatic carboxylic acids is 1. The smallest absolute Gasteiger partial charge is 0.421 e. The van der Waals surface area contributed by atoms with Crippen LogP contribution in [-0.2, 0) is 15.7 Å². The Hall–Kier alpha value is -4.53. The lowest BCUT2D eigenvalue weighted by molar-refractivity contribution is -0.142. The van der Waals surface area contributed by atoms with Gasteiger partial charge in [0.2, 0.25) is 5.88 Å². The van der Waals surface area contributed by atoms with Gasteiger partial charge in [0.25, 0.3) is 0 Å². The van der Waals surface area contributed by atoms with Crippen LogP contribution < -0.4 is 14.5 Å². The number of H-pyrrole nitrogens is 1. The maximum absolute atomic E-state index is 14.0. The zero-order chi connectivity index (χ0) is 34.1. The molecule has 48 heavy (non-hydrogen) atoms. The van der Waals surface area contributed by atoms with Crippen molar-refractivity contribution in [1.29, 1.82) is 0 Å². The van der Waals surface area contributed by atoms with Gasteiger partial charge in [0, 0.05) is 51.0 Å². The lowest BCUT2D eigenvalue weighted by Crippen LogP contribution is -2.37. The summed E-state index contributed by atoms with van der Waals surface area (Å²) in [5.41, 5.74) is 1.50. The van der Waals surface area contributed by atoms with Crippen molar-refractivity contribution in [2.75, 3.05) is 56.8 Å². The fraction of sp³-hybridized carbons (Fsp3) is 0.515. The second-order valence-electron chi connectivity index (χ2n) is 12.7. The Morgan fingerprint density at radius 1 is 1.08 bits per heavy atom. The first-order valence-electron chi connectivity index (χ1n) is 16.1. The van der Waals surface area contributed by atoms with Gasteiger partial charge in [0.15, 0.2) is 11.5 Å². The van der Waals surface area contributed by atoms with Gasteiger partial charge >= 0.3 is 12.1 Å². The maximum Gasteiger partial charge on any atom is 0.421 e. The number of aromatic amines is 1. The Kier molecular flexibility index (Phi) is 9.41. The van der Waals surface area contributed by atoms with Crippen molar-refractivity contribution < 1.29 is 32.5 Å². The monoisotopic (exact) mass is 668 g/mol. The van der Waals surface area contributed by atoms with Crippen LogP contribution in [0.25, 0.3) is 33.9 Å². The Morgan fingerprint density at radius 3 is 2.46 bits per heavy atom. The maximum atomic E-state index is 14.0. The average Bonchev–Trinajstić information content (AvgIpc) is 3.72. The fourth-order valence-electron chi connectivity index (χ4n) is 6.92. The van der Waals surface area contributed by atoms with Crippen molar-refractivity contribution in [1.82, 2.24) is 29.9 Å². The molecule has 5 heterocycles. The summed E-state index contributed by atoms with van der Waals surface area (Å²) in [6.07, 6.45) is 5.18. The second-order valence-corrected chi connectivity index (χ2v) is 12.7. The summed E-state index contributed by atoms with van der Waals surface area (Å²) in [5.74, 6) is -0.570. The molecule has 12 nitrogen and oxygen atoms in total. The number of anilines is 2. The van der Waals surface area contributed by atoms with E-state index in [1.807, 2.05) is 11.9 Å². The number of halogens is 3. The summed E-state index contributed by atoms with van der Waals surface area (Å²) in [6, 6.07) is 2.77. The molecule has 0 atom stereocenters. The molecule has 1 aliphatic carbocycles. The van der Waals surface area contributed by atoms with Crippen LogP contribution >= 0.6 is 0 Å². The van der Waals surface area contributed by atoms with Crippen molar-refractivity contribution >= 4 is 28.6 Å². The minimum Gasteiger partial charge on any atom is -0.481 e. The van der Waals surface area contributed by atoms with Gasteiger partial charge < -0.3 is 29.4 Å². The molecule has 0 spiro atoms. The topological polar surface area (TPSA) is 142 Å². The van der Waals surface area contributed by atoms with Crippen molar-refractivity contribution in [2.24, 2.45) is 11.3 Å². The molecule has 1 saturated carbocycles. The minimum absolute atomic E-state index is 0.0426. The number of piperidine rings is 1. The van der Waals surface area contributed by atoms with Crippen LogP contribution in [0.3, 0.4) is 0 Å². The Bertz CT molecular complexity index is 1750. The van der Waals surface area contributed by atoms with Gasteiger partial charge in [0.05, 0.1) is 42.9 Å². The highest BCUT2D eigenvalue weighted by Gasteiger charge is 2.37. The normalized spacial score (nSPS) is 16.8. The molecule has 0 radical (unpaired) electrons. The van der Waals surface area contributed by atoms with Crippen LogP contribution in [0.2, 0.25) is 0 Å². The second kappa shape index (κ2) is 13.5. The number of carboxylic acid groups (broad SMARTS) is 1. The minimum atomic E-state index is -4.68. The molecule has 0 unspecified atom stereocenters. The van der Waals surface area contributed by atoms with E-state index in [0.717, 1.165) is 31.7 Å². The van der Waals surface area contributed by atoms with Crippen LogP contribution in [0.15, 0.2) is 30.7 Å². The summed E-state index contributed by atoms with van der Waals surface area (Å²) in [4.78, 5) is 41.4. The van der Waals surface area contributed by atoms with Crippen LogP contribution in [-0.4, -0.2) is 88.0 Å². The molecule has 256 valence electrons.